The summed E-state index contributed by atoms with van der Waals surface area (Å²) >= 11 is 0. The number of aryl methyl sites for hydroxylation is 1. The maximum atomic E-state index is 12.8. The Balaban J connectivity index is 0.000000791. The Labute approximate surface area is 85.9 Å². The van der Waals surface area contributed by atoms with Crippen LogP contribution in [0.3, 0.4) is 0 Å². The van der Waals surface area contributed by atoms with Crippen LogP contribution in [0.5, 0.6) is 5.75 Å². The van der Waals surface area contributed by atoms with E-state index in [-0.39, 0.29) is 11.9 Å². The number of hydrogen-bond acceptors (Lipinski definition) is 1. The van der Waals surface area contributed by atoms with E-state index in [1.54, 1.807) is 19.1 Å². The topological polar surface area (TPSA) is 9.23 Å². The Morgan fingerprint density at radius 1 is 1.21 bits per heavy atom. The summed E-state index contributed by atoms with van der Waals surface area (Å²) in [6, 6.07) is 4.77. The molecular formula is C12H19FO. The van der Waals surface area contributed by atoms with Crippen LogP contribution in [0.2, 0.25) is 0 Å². The number of hydrogen-bond donors (Lipinski definition) is 0. The second kappa shape index (κ2) is 6.41. The van der Waals surface area contributed by atoms with Crippen molar-refractivity contribution in [3.8, 4) is 5.75 Å². The molecule has 0 radical (unpaired) electrons. The second-order valence-corrected chi connectivity index (χ2v) is 3.08. The van der Waals surface area contributed by atoms with Gasteiger partial charge in [0.25, 0.3) is 0 Å². The summed E-state index contributed by atoms with van der Waals surface area (Å²) in [5.41, 5.74) is 0.619. The molecule has 0 saturated heterocycles. The maximum absolute atomic E-state index is 12.8. The zero-order valence-electron chi connectivity index (χ0n) is 9.60. The van der Waals surface area contributed by atoms with Gasteiger partial charge in [-0.3, -0.25) is 0 Å². The molecule has 0 saturated carbocycles. The van der Waals surface area contributed by atoms with Crippen LogP contribution < -0.4 is 4.74 Å². The Morgan fingerprint density at radius 3 is 2.21 bits per heavy atom. The highest BCUT2D eigenvalue weighted by Crippen LogP contribution is 2.16. The van der Waals surface area contributed by atoms with Crippen molar-refractivity contribution in [1.29, 1.82) is 0 Å². The summed E-state index contributed by atoms with van der Waals surface area (Å²) in [4.78, 5) is 0. The highest BCUT2D eigenvalue weighted by molar-refractivity contribution is 5.28. The smallest absolute Gasteiger partial charge is 0.126 e. The van der Waals surface area contributed by atoms with Crippen LogP contribution in [-0.2, 0) is 0 Å². The molecule has 0 bridgehead atoms. The first kappa shape index (κ1) is 12.9. The first-order chi connectivity index (χ1) is 6.59. The number of halogens is 1. The molecule has 0 aliphatic rings. The third kappa shape index (κ3) is 4.26. The van der Waals surface area contributed by atoms with Crippen molar-refractivity contribution in [3.63, 3.8) is 0 Å². The van der Waals surface area contributed by atoms with E-state index in [0.29, 0.717) is 5.56 Å². The van der Waals surface area contributed by atoms with Crippen LogP contribution >= 0.6 is 0 Å². The van der Waals surface area contributed by atoms with Gasteiger partial charge in [0.05, 0.1) is 6.10 Å². The molecule has 0 N–H and O–H groups in total. The maximum Gasteiger partial charge on any atom is 0.126 e. The van der Waals surface area contributed by atoms with Gasteiger partial charge in [-0.1, -0.05) is 13.8 Å². The monoisotopic (exact) mass is 198 g/mol. The average Bonchev–Trinajstić information content (AvgIpc) is 2.14. The minimum Gasteiger partial charge on any atom is -0.491 e. The Hall–Kier alpha value is -1.05. The molecule has 1 rings (SSSR count). The number of rotatable bonds is 2. The molecule has 80 valence electrons. The Morgan fingerprint density at radius 2 is 1.79 bits per heavy atom. The Kier molecular flexibility index (Phi) is 5.93. The quantitative estimate of drug-likeness (QED) is 0.699. The minimum atomic E-state index is -0.189. The van der Waals surface area contributed by atoms with E-state index >= 15 is 0 Å². The zero-order valence-corrected chi connectivity index (χ0v) is 9.60. The second-order valence-electron chi connectivity index (χ2n) is 3.08. The minimum absolute atomic E-state index is 0.134. The highest BCUT2D eigenvalue weighted by Gasteiger charge is 2.00. The largest absolute Gasteiger partial charge is 0.491 e. The lowest BCUT2D eigenvalue weighted by molar-refractivity contribution is 0.242. The summed E-state index contributed by atoms with van der Waals surface area (Å²) in [6.45, 7) is 9.61. The van der Waals surface area contributed by atoms with E-state index in [4.69, 9.17) is 4.74 Å². The molecule has 0 fully saturated rings. The molecule has 1 aromatic rings. The molecule has 0 aliphatic heterocycles. The summed E-state index contributed by atoms with van der Waals surface area (Å²) in [5, 5.41) is 0. The van der Waals surface area contributed by atoms with Gasteiger partial charge >= 0.3 is 0 Å². The van der Waals surface area contributed by atoms with Crippen molar-refractivity contribution in [2.45, 2.75) is 40.7 Å². The standard InChI is InChI=1S/C10H13FO.C2H6/c1-7(2)12-9-4-5-10(11)8(3)6-9;1-2/h4-7H,1-3H3;1-2H3. The van der Waals surface area contributed by atoms with Gasteiger partial charge in [0.2, 0.25) is 0 Å². The average molecular weight is 198 g/mol. The summed E-state index contributed by atoms with van der Waals surface area (Å²) in [5.74, 6) is 0.537. The molecule has 1 nitrogen and oxygen atoms in total. The summed E-state index contributed by atoms with van der Waals surface area (Å²) in [7, 11) is 0. The highest BCUT2D eigenvalue weighted by atomic mass is 19.1. The predicted molar refractivity (Wildman–Crippen MR) is 58.2 cm³/mol. The van der Waals surface area contributed by atoms with Gasteiger partial charge in [0.1, 0.15) is 11.6 Å². The van der Waals surface area contributed by atoms with Crippen molar-refractivity contribution < 1.29 is 9.13 Å². The molecule has 0 spiro atoms. The van der Waals surface area contributed by atoms with E-state index in [0.717, 1.165) is 5.75 Å². The van der Waals surface area contributed by atoms with Crippen LogP contribution in [0.4, 0.5) is 4.39 Å². The summed E-state index contributed by atoms with van der Waals surface area (Å²) in [6.07, 6.45) is 0.134. The number of benzene rings is 1. The molecule has 0 aliphatic carbocycles. The van der Waals surface area contributed by atoms with Gasteiger partial charge in [-0.15, -0.1) is 0 Å². The SMILES string of the molecule is CC.Cc1cc(OC(C)C)ccc1F. The van der Waals surface area contributed by atoms with Crippen molar-refractivity contribution >= 4 is 0 Å². The predicted octanol–water partition coefficient (Wildman–Crippen LogP) is 3.95. The lowest BCUT2D eigenvalue weighted by Gasteiger charge is -2.09. The zero-order chi connectivity index (χ0) is 11.1. The molecule has 0 heterocycles. The molecule has 0 atom stereocenters. The molecule has 0 aromatic heterocycles. The van der Waals surface area contributed by atoms with Gasteiger partial charge in [-0.05, 0) is 44.5 Å². The van der Waals surface area contributed by atoms with Crippen molar-refractivity contribution in [2.24, 2.45) is 0 Å². The fourth-order valence-electron chi connectivity index (χ4n) is 0.963. The van der Waals surface area contributed by atoms with Crippen molar-refractivity contribution in [1.82, 2.24) is 0 Å². The molecule has 0 unspecified atom stereocenters. The van der Waals surface area contributed by atoms with Gasteiger partial charge in [-0.25, -0.2) is 4.39 Å². The normalized spacial score (nSPS) is 9.36. The van der Waals surface area contributed by atoms with E-state index in [1.807, 2.05) is 27.7 Å². The molecule has 1 aromatic carbocycles. The first-order valence-corrected chi connectivity index (χ1v) is 5.02. The van der Waals surface area contributed by atoms with Gasteiger partial charge in [0.15, 0.2) is 0 Å². The fraction of sp³-hybridized carbons (Fsp3) is 0.500. The van der Waals surface area contributed by atoms with E-state index in [1.165, 1.54) is 6.07 Å². The van der Waals surface area contributed by atoms with Gasteiger partial charge < -0.3 is 4.74 Å². The van der Waals surface area contributed by atoms with Gasteiger partial charge in [-0.2, -0.15) is 0 Å². The van der Waals surface area contributed by atoms with Crippen LogP contribution in [0, 0.1) is 12.7 Å². The van der Waals surface area contributed by atoms with Crippen LogP contribution in [0.1, 0.15) is 33.3 Å². The van der Waals surface area contributed by atoms with Crippen molar-refractivity contribution in [2.75, 3.05) is 0 Å². The lowest BCUT2D eigenvalue weighted by atomic mass is 10.2. The fourth-order valence-corrected chi connectivity index (χ4v) is 0.963. The molecule has 2 heteroatoms. The Bertz CT molecular complexity index is 269. The van der Waals surface area contributed by atoms with E-state index < -0.39 is 0 Å². The first-order valence-electron chi connectivity index (χ1n) is 5.02. The van der Waals surface area contributed by atoms with Crippen LogP contribution in [0.25, 0.3) is 0 Å². The molecule has 0 amide bonds. The number of ether oxygens (including phenoxy) is 1. The van der Waals surface area contributed by atoms with Gasteiger partial charge in [0, 0.05) is 0 Å². The molecule has 14 heavy (non-hydrogen) atoms. The summed E-state index contributed by atoms with van der Waals surface area (Å²) < 4.78 is 18.2. The van der Waals surface area contributed by atoms with E-state index in [2.05, 4.69) is 0 Å². The third-order valence-electron chi connectivity index (χ3n) is 1.50. The molecular weight excluding hydrogens is 179 g/mol. The third-order valence-corrected chi connectivity index (χ3v) is 1.50. The lowest BCUT2D eigenvalue weighted by Crippen LogP contribution is -2.05. The van der Waals surface area contributed by atoms with Crippen molar-refractivity contribution in [3.05, 3.63) is 29.6 Å². The van der Waals surface area contributed by atoms with Crippen LogP contribution in [-0.4, -0.2) is 6.10 Å². The van der Waals surface area contributed by atoms with Crippen LogP contribution in [0.15, 0.2) is 18.2 Å². The van der Waals surface area contributed by atoms with E-state index in [9.17, 15) is 4.39 Å².